The molecule has 0 aliphatic carbocycles. The van der Waals surface area contributed by atoms with E-state index in [-0.39, 0.29) is 6.61 Å². The SMILES string of the molecule is C[C@@H](C(=O)OCc1ccc(C#N)cc1)N1C(=O)c2ccccc2C1=O. The van der Waals surface area contributed by atoms with Gasteiger partial charge in [0.15, 0.2) is 0 Å². The maximum atomic E-state index is 12.4. The first-order chi connectivity index (χ1) is 12.0. The molecular weight excluding hydrogens is 320 g/mol. The average Bonchev–Trinajstić information content (AvgIpc) is 2.90. The number of carbonyl (C=O) groups excluding carboxylic acids is 3. The number of amides is 2. The summed E-state index contributed by atoms with van der Waals surface area (Å²) in [4.78, 5) is 37.9. The quantitative estimate of drug-likeness (QED) is 0.632. The van der Waals surface area contributed by atoms with Crippen molar-refractivity contribution in [2.45, 2.75) is 19.6 Å². The van der Waals surface area contributed by atoms with Gasteiger partial charge in [0.25, 0.3) is 11.8 Å². The normalized spacial score (nSPS) is 14.0. The highest BCUT2D eigenvalue weighted by molar-refractivity contribution is 6.22. The van der Waals surface area contributed by atoms with Gasteiger partial charge in [-0.1, -0.05) is 24.3 Å². The fraction of sp³-hybridized carbons (Fsp3) is 0.158. The van der Waals surface area contributed by atoms with Gasteiger partial charge in [-0.3, -0.25) is 14.5 Å². The molecule has 1 heterocycles. The van der Waals surface area contributed by atoms with Crippen molar-refractivity contribution in [2.75, 3.05) is 0 Å². The van der Waals surface area contributed by atoms with Crippen molar-refractivity contribution >= 4 is 17.8 Å². The van der Waals surface area contributed by atoms with E-state index in [2.05, 4.69) is 0 Å². The molecule has 1 aliphatic heterocycles. The van der Waals surface area contributed by atoms with E-state index in [1.807, 2.05) is 6.07 Å². The first kappa shape index (κ1) is 16.4. The summed E-state index contributed by atoms with van der Waals surface area (Å²) in [7, 11) is 0. The first-order valence-corrected chi connectivity index (χ1v) is 7.65. The number of hydrogen-bond donors (Lipinski definition) is 0. The molecule has 124 valence electrons. The van der Waals surface area contributed by atoms with Gasteiger partial charge in [0.2, 0.25) is 0 Å². The Bertz CT molecular complexity index is 861. The van der Waals surface area contributed by atoms with E-state index in [1.165, 1.54) is 6.92 Å². The van der Waals surface area contributed by atoms with E-state index in [0.29, 0.717) is 22.3 Å². The summed E-state index contributed by atoms with van der Waals surface area (Å²) < 4.78 is 5.20. The van der Waals surface area contributed by atoms with E-state index < -0.39 is 23.8 Å². The summed E-state index contributed by atoms with van der Waals surface area (Å²) in [6, 6.07) is 14.0. The van der Waals surface area contributed by atoms with Crippen LogP contribution < -0.4 is 0 Å². The number of benzene rings is 2. The molecule has 2 aromatic rings. The Morgan fingerprint density at radius 1 is 1.08 bits per heavy atom. The third kappa shape index (κ3) is 3.00. The summed E-state index contributed by atoms with van der Waals surface area (Å²) in [5.74, 6) is -1.66. The van der Waals surface area contributed by atoms with Crippen LogP contribution in [0.2, 0.25) is 0 Å². The second kappa shape index (κ2) is 6.57. The Kier molecular flexibility index (Phi) is 4.31. The van der Waals surface area contributed by atoms with Gasteiger partial charge < -0.3 is 4.74 Å². The van der Waals surface area contributed by atoms with E-state index in [1.54, 1.807) is 48.5 Å². The van der Waals surface area contributed by atoms with Crippen molar-refractivity contribution < 1.29 is 19.1 Å². The molecule has 0 radical (unpaired) electrons. The van der Waals surface area contributed by atoms with Crippen LogP contribution in [0.25, 0.3) is 0 Å². The van der Waals surface area contributed by atoms with Crippen molar-refractivity contribution in [1.82, 2.24) is 4.90 Å². The van der Waals surface area contributed by atoms with Crippen molar-refractivity contribution in [1.29, 1.82) is 5.26 Å². The lowest BCUT2D eigenvalue weighted by Crippen LogP contribution is -2.43. The minimum absolute atomic E-state index is 0.00193. The summed E-state index contributed by atoms with van der Waals surface area (Å²) in [6.45, 7) is 1.46. The van der Waals surface area contributed by atoms with Gasteiger partial charge in [0.1, 0.15) is 12.6 Å². The molecule has 0 bridgehead atoms. The minimum atomic E-state index is -1.02. The van der Waals surface area contributed by atoms with Gasteiger partial charge in [-0.15, -0.1) is 0 Å². The fourth-order valence-corrected chi connectivity index (χ4v) is 2.62. The second-order valence-corrected chi connectivity index (χ2v) is 5.62. The van der Waals surface area contributed by atoms with E-state index in [0.717, 1.165) is 4.90 Å². The number of nitrogens with zero attached hydrogens (tertiary/aromatic N) is 2. The van der Waals surface area contributed by atoms with Gasteiger partial charge >= 0.3 is 5.97 Å². The summed E-state index contributed by atoms with van der Waals surface area (Å²) in [5.41, 5.74) is 1.80. The lowest BCUT2D eigenvalue weighted by molar-refractivity contribution is -0.149. The fourth-order valence-electron chi connectivity index (χ4n) is 2.62. The van der Waals surface area contributed by atoms with Crippen LogP contribution in [0.15, 0.2) is 48.5 Å². The number of rotatable bonds is 4. The molecule has 0 saturated carbocycles. The molecule has 0 aromatic heterocycles. The molecule has 0 spiro atoms. The molecule has 2 aromatic carbocycles. The number of carbonyl (C=O) groups is 3. The third-order valence-corrected chi connectivity index (χ3v) is 4.02. The first-order valence-electron chi connectivity index (χ1n) is 7.65. The standard InChI is InChI=1S/C19H14N2O4/c1-12(19(24)25-11-14-8-6-13(10-20)7-9-14)21-17(22)15-4-2-3-5-16(15)18(21)23/h2-9,12H,11H2,1H3/t12-/m0/s1. The summed E-state index contributed by atoms with van der Waals surface area (Å²) >= 11 is 0. The molecule has 0 fully saturated rings. The number of ether oxygens (including phenoxy) is 1. The Labute approximate surface area is 144 Å². The molecule has 1 atom stereocenters. The van der Waals surface area contributed by atoms with Crippen molar-refractivity contribution in [3.05, 3.63) is 70.8 Å². The molecule has 0 N–H and O–H groups in total. The van der Waals surface area contributed by atoms with Crippen LogP contribution in [0, 0.1) is 11.3 Å². The number of nitriles is 1. The topological polar surface area (TPSA) is 87.5 Å². The molecule has 25 heavy (non-hydrogen) atoms. The van der Waals surface area contributed by atoms with Crippen LogP contribution >= 0.6 is 0 Å². The summed E-state index contributed by atoms with van der Waals surface area (Å²) in [6.07, 6.45) is 0. The van der Waals surface area contributed by atoms with Gasteiger partial charge in [-0.25, -0.2) is 4.79 Å². The van der Waals surface area contributed by atoms with Gasteiger partial charge in [0, 0.05) is 0 Å². The van der Waals surface area contributed by atoms with Crippen LogP contribution in [0.3, 0.4) is 0 Å². The second-order valence-electron chi connectivity index (χ2n) is 5.62. The zero-order chi connectivity index (χ0) is 18.0. The average molecular weight is 334 g/mol. The number of fused-ring (bicyclic) bond motifs is 1. The van der Waals surface area contributed by atoms with E-state index in [9.17, 15) is 14.4 Å². The van der Waals surface area contributed by atoms with Crippen LogP contribution in [0.1, 0.15) is 38.8 Å². The Morgan fingerprint density at radius 2 is 1.64 bits per heavy atom. The summed E-state index contributed by atoms with van der Waals surface area (Å²) in [5, 5.41) is 8.76. The molecule has 0 saturated heterocycles. The Morgan fingerprint density at radius 3 is 2.16 bits per heavy atom. The Hall–Kier alpha value is -3.46. The zero-order valence-electron chi connectivity index (χ0n) is 13.4. The molecule has 3 rings (SSSR count). The van der Waals surface area contributed by atoms with Gasteiger partial charge in [-0.05, 0) is 36.8 Å². The largest absolute Gasteiger partial charge is 0.459 e. The number of hydrogen-bond acceptors (Lipinski definition) is 5. The van der Waals surface area contributed by atoms with Crippen LogP contribution in [-0.4, -0.2) is 28.7 Å². The number of imide groups is 1. The van der Waals surface area contributed by atoms with Crippen LogP contribution in [0.5, 0.6) is 0 Å². The number of esters is 1. The van der Waals surface area contributed by atoms with Crippen molar-refractivity contribution in [3.63, 3.8) is 0 Å². The van der Waals surface area contributed by atoms with Gasteiger partial charge in [-0.2, -0.15) is 5.26 Å². The molecule has 1 aliphatic rings. The van der Waals surface area contributed by atoms with E-state index in [4.69, 9.17) is 10.00 Å². The van der Waals surface area contributed by atoms with Crippen molar-refractivity contribution in [2.24, 2.45) is 0 Å². The molecule has 6 heteroatoms. The highest BCUT2D eigenvalue weighted by Gasteiger charge is 2.41. The molecule has 6 nitrogen and oxygen atoms in total. The van der Waals surface area contributed by atoms with E-state index >= 15 is 0 Å². The Balaban J connectivity index is 1.68. The highest BCUT2D eigenvalue weighted by Crippen LogP contribution is 2.24. The molecule has 0 unspecified atom stereocenters. The molecule has 2 amide bonds. The minimum Gasteiger partial charge on any atom is -0.459 e. The molecular formula is C19H14N2O4. The lowest BCUT2D eigenvalue weighted by atomic mass is 10.1. The zero-order valence-corrected chi connectivity index (χ0v) is 13.4. The van der Waals surface area contributed by atoms with Crippen LogP contribution in [0.4, 0.5) is 0 Å². The predicted octanol–water partition coefficient (Wildman–Crippen LogP) is 2.29. The predicted molar refractivity (Wildman–Crippen MR) is 87.4 cm³/mol. The lowest BCUT2D eigenvalue weighted by Gasteiger charge is -2.20. The van der Waals surface area contributed by atoms with Gasteiger partial charge in [0.05, 0.1) is 22.8 Å². The third-order valence-electron chi connectivity index (χ3n) is 4.02. The maximum absolute atomic E-state index is 12.4. The smallest absolute Gasteiger partial charge is 0.329 e. The van der Waals surface area contributed by atoms with Crippen LogP contribution in [-0.2, 0) is 16.1 Å². The monoisotopic (exact) mass is 334 g/mol. The maximum Gasteiger partial charge on any atom is 0.329 e. The highest BCUT2D eigenvalue weighted by atomic mass is 16.5. The van der Waals surface area contributed by atoms with Crippen molar-refractivity contribution in [3.8, 4) is 6.07 Å².